The molecule has 0 spiro atoms. The zero-order valence-electron chi connectivity index (χ0n) is 15.6. The third kappa shape index (κ3) is 4.80. The van der Waals surface area contributed by atoms with Crippen molar-refractivity contribution in [2.75, 3.05) is 14.2 Å². The summed E-state index contributed by atoms with van der Waals surface area (Å²) in [6.07, 6.45) is 5.72. The van der Waals surface area contributed by atoms with Gasteiger partial charge in [-0.3, -0.25) is 20.4 Å². The molecule has 0 aliphatic heterocycles. The van der Waals surface area contributed by atoms with Crippen LogP contribution in [0.3, 0.4) is 0 Å². The van der Waals surface area contributed by atoms with Crippen LogP contribution in [0.15, 0.2) is 24.3 Å². The number of ether oxygens (including phenoxy) is 2. The Morgan fingerprint density at radius 1 is 1.04 bits per heavy atom. The van der Waals surface area contributed by atoms with Crippen molar-refractivity contribution in [3.05, 3.63) is 45.1 Å². The Morgan fingerprint density at radius 2 is 1.85 bits per heavy atom. The first-order chi connectivity index (χ1) is 13.1. The number of thiophene rings is 1. The molecule has 0 unspecified atom stereocenters. The van der Waals surface area contributed by atoms with Crippen LogP contribution in [-0.4, -0.2) is 26.0 Å². The molecule has 2 amide bonds. The second-order valence-electron chi connectivity index (χ2n) is 6.48. The highest BCUT2D eigenvalue weighted by atomic mass is 32.1. The van der Waals surface area contributed by atoms with Crippen LogP contribution in [0.1, 0.15) is 44.9 Å². The molecule has 1 aromatic carbocycles. The number of methoxy groups -OCH3 is 2. The molecule has 6 nitrogen and oxygen atoms in total. The van der Waals surface area contributed by atoms with E-state index in [4.69, 9.17) is 9.47 Å². The SMILES string of the molecule is COc1ccc(OC)c(CC(=O)NNC(=O)c2cc3c(s2)CCCCC3)c1. The van der Waals surface area contributed by atoms with E-state index in [0.29, 0.717) is 21.9 Å². The third-order valence-corrected chi connectivity index (χ3v) is 5.86. The molecular weight excluding hydrogens is 364 g/mol. The van der Waals surface area contributed by atoms with Gasteiger partial charge in [0.2, 0.25) is 5.91 Å². The number of nitrogens with one attached hydrogen (secondary N) is 2. The van der Waals surface area contributed by atoms with Gasteiger partial charge >= 0.3 is 0 Å². The first-order valence-electron chi connectivity index (χ1n) is 9.02. The van der Waals surface area contributed by atoms with Gasteiger partial charge < -0.3 is 9.47 Å². The lowest BCUT2D eigenvalue weighted by molar-refractivity contribution is -0.121. The maximum Gasteiger partial charge on any atom is 0.279 e. The van der Waals surface area contributed by atoms with Crippen molar-refractivity contribution in [2.45, 2.75) is 38.5 Å². The van der Waals surface area contributed by atoms with Crippen molar-refractivity contribution in [1.29, 1.82) is 0 Å². The van der Waals surface area contributed by atoms with Crippen LogP contribution in [0, 0.1) is 0 Å². The van der Waals surface area contributed by atoms with Gasteiger partial charge in [0.25, 0.3) is 5.91 Å². The van der Waals surface area contributed by atoms with Crippen LogP contribution in [0.4, 0.5) is 0 Å². The van der Waals surface area contributed by atoms with E-state index in [-0.39, 0.29) is 18.2 Å². The fourth-order valence-corrected chi connectivity index (χ4v) is 4.35. The highest BCUT2D eigenvalue weighted by molar-refractivity contribution is 7.14. The van der Waals surface area contributed by atoms with Crippen LogP contribution in [0.5, 0.6) is 11.5 Å². The summed E-state index contributed by atoms with van der Waals surface area (Å²) in [5, 5.41) is 0. The average molecular weight is 388 g/mol. The van der Waals surface area contributed by atoms with E-state index in [1.54, 1.807) is 32.4 Å². The van der Waals surface area contributed by atoms with Crippen LogP contribution in [0.25, 0.3) is 0 Å². The minimum absolute atomic E-state index is 0.0710. The average Bonchev–Trinajstić information content (AvgIpc) is 2.96. The maximum absolute atomic E-state index is 12.4. The second kappa shape index (κ2) is 8.90. The number of carbonyl (C=O) groups excluding carboxylic acids is 2. The Balaban J connectivity index is 1.58. The minimum Gasteiger partial charge on any atom is -0.497 e. The van der Waals surface area contributed by atoms with Gasteiger partial charge in [0.15, 0.2) is 0 Å². The Morgan fingerprint density at radius 3 is 2.63 bits per heavy atom. The van der Waals surface area contributed by atoms with Crippen LogP contribution in [-0.2, 0) is 24.1 Å². The molecule has 27 heavy (non-hydrogen) atoms. The Hall–Kier alpha value is -2.54. The van der Waals surface area contributed by atoms with Crippen molar-refractivity contribution in [3.63, 3.8) is 0 Å². The molecule has 1 heterocycles. The van der Waals surface area contributed by atoms with Gasteiger partial charge in [-0.25, -0.2) is 0 Å². The number of amides is 2. The fourth-order valence-electron chi connectivity index (χ4n) is 3.20. The van der Waals surface area contributed by atoms with E-state index >= 15 is 0 Å². The first kappa shape index (κ1) is 19.2. The lowest BCUT2D eigenvalue weighted by Gasteiger charge is -2.11. The summed E-state index contributed by atoms with van der Waals surface area (Å²) < 4.78 is 10.5. The summed E-state index contributed by atoms with van der Waals surface area (Å²) in [6.45, 7) is 0. The van der Waals surface area contributed by atoms with Crippen LogP contribution >= 0.6 is 11.3 Å². The van der Waals surface area contributed by atoms with Gasteiger partial charge in [-0.05, 0) is 55.5 Å². The number of rotatable bonds is 5. The number of hydrogen-bond acceptors (Lipinski definition) is 5. The van der Waals surface area contributed by atoms with Gasteiger partial charge in [0.1, 0.15) is 11.5 Å². The predicted octanol–water partition coefficient (Wildman–Crippen LogP) is 3.04. The molecule has 144 valence electrons. The number of hydrogen-bond donors (Lipinski definition) is 2. The molecule has 1 aliphatic rings. The van der Waals surface area contributed by atoms with Gasteiger partial charge in [-0.2, -0.15) is 0 Å². The number of carbonyl (C=O) groups is 2. The van der Waals surface area contributed by atoms with E-state index in [2.05, 4.69) is 10.9 Å². The zero-order valence-corrected chi connectivity index (χ0v) is 16.4. The van der Waals surface area contributed by atoms with E-state index in [1.807, 2.05) is 6.07 Å². The van der Waals surface area contributed by atoms with E-state index in [1.165, 1.54) is 41.0 Å². The van der Waals surface area contributed by atoms with Crippen molar-refractivity contribution < 1.29 is 19.1 Å². The summed E-state index contributed by atoms with van der Waals surface area (Å²) in [4.78, 5) is 26.5. The Kier molecular flexibility index (Phi) is 6.34. The van der Waals surface area contributed by atoms with Crippen molar-refractivity contribution >= 4 is 23.2 Å². The first-order valence-corrected chi connectivity index (χ1v) is 9.84. The summed E-state index contributed by atoms with van der Waals surface area (Å²) in [7, 11) is 3.11. The quantitative estimate of drug-likeness (QED) is 0.610. The summed E-state index contributed by atoms with van der Waals surface area (Å²) in [5.74, 6) is 0.633. The molecule has 0 radical (unpaired) electrons. The third-order valence-electron chi connectivity index (χ3n) is 4.62. The highest BCUT2D eigenvalue weighted by Gasteiger charge is 2.17. The van der Waals surface area contributed by atoms with Gasteiger partial charge in [0.05, 0.1) is 25.5 Å². The fraction of sp³-hybridized carbons (Fsp3) is 0.400. The zero-order chi connectivity index (χ0) is 19.2. The monoisotopic (exact) mass is 388 g/mol. The van der Waals surface area contributed by atoms with Crippen molar-refractivity contribution in [2.24, 2.45) is 0 Å². The van der Waals surface area contributed by atoms with Crippen LogP contribution in [0.2, 0.25) is 0 Å². The summed E-state index contributed by atoms with van der Waals surface area (Å²) in [5.41, 5.74) is 6.95. The largest absolute Gasteiger partial charge is 0.497 e. The van der Waals surface area contributed by atoms with E-state index < -0.39 is 0 Å². The van der Waals surface area contributed by atoms with Gasteiger partial charge in [-0.1, -0.05) is 6.42 Å². The van der Waals surface area contributed by atoms with E-state index in [0.717, 1.165) is 12.8 Å². The number of hydrazine groups is 1. The maximum atomic E-state index is 12.4. The minimum atomic E-state index is -0.326. The highest BCUT2D eigenvalue weighted by Crippen LogP contribution is 2.29. The Labute approximate surface area is 162 Å². The van der Waals surface area contributed by atoms with Gasteiger partial charge in [-0.15, -0.1) is 11.3 Å². The summed E-state index contributed by atoms with van der Waals surface area (Å²) >= 11 is 1.52. The lowest BCUT2D eigenvalue weighted by atomic mass is 10.1. The lowest BCUT2D eigenvalue weighted by Crippen LogP contribution is -2.42. The molecule has 1 aromatic heterocycles. The molecule has 0 saturated carbocycles. The predicted molar refractivity (Wildman–Crippen MR) is 104 cm³/mol. The molecule has 0 saturated heterocycles. The van der Waals surface area contributed by atoms with Crippen LogP contribution < -0.4 is 20.3 Å². The van der Waals surface area contributed by atoms with Crippen molar-refractivity contribution in [3.8, 4) is 11.5 Å². The normalized spacial score (nSPS) is 13.3. The number of benzene rings is 1. The standard InChI is InChI=1S/C20H24N2O4S/c1-25-15-8-9-16(26-2)14(10-15)12-19(23)21-22-20(24)18-11-13-6-4-3-5-7-17(13)27-18/h8-11H,3-7,12H2,1-2H3,(H,21,23)(H,22,24). The molecule has 7 heteroatoms. The Bertz CT molecular complexity index is 808. The number of aryl methyl sites for hydroxylation is 2. The topological polar surface area (TPSA) is 76.7 Å². The molecule has 0 bridgehead atoms. The van der Waals surface area contributed by atoms with Crippen molar-refractivity contribution in [1.82, 2.24) is 10.9 Å². The molecular formula is C20H24N2O4S. The smallest absolute Gasteiger partial charge is 0.279 e. The molecule has 0 fully saturated rings. The molecule has 2 aromatic rings. The molecule has 1 aliphatic carbocycles. The van der Waals surface area contributed by atoms with Gasteiger partial charge in [0, 0.05) is 10.4 Å². The molecule has 3 rings (SSSR count). The van der Waals surface area contributed by atoms with E-state index in [9.17, 15) is 9.59 Å². The molecule has 0 atom stereocenters. The number of fused-ring (bicyclic) bond motifs is 1. The summed E-state index contributed by atoms with van der Waals surface area (Å²) in [6, 6.07) is 7.22. The second-order valence-corrected chi connectivity index (χ2v) is 7.61. The molecule has 2 N–H and O–H groups in total.